The number of hydrogen-bond donors (Lipinski definition) is 0. The number of rotatable bonds is 10. The van der Waals surface area contributed by atoms with Gasteiger partial charge < -0.3 is 4.74 Å². The van der Waals surface area contributed by atoms with Gasteiger partial charge in [0, 0.05) is 5.41 Å². The second-order valence-corrected chi connectivity index (χ2v) is 10.2. The first-order chi connectivity index (χ1) is 15.5. The predicted octanol–water partition coefficient (Wildman–Crippen LogP) is 9.37. The lowest BCUT2D eigenvalue weighted by Crippen LogP contribution is -2.26. The van der Waals surface area contributed by atoms with Gasteiger partial charge in [-0.15, -0.1) is 0 Å². The molecule has 0 atom stereocenters. The third-order valence-corrected chi connectivity index (χ3v) is 8.54. The van der Waals surface area contributed by atoms with E-state index in [4.69, 9.17) is 4.74 Å². The summed E-state index contributed by atoms with van der Waals surface area (Å²) < 4.78 is 6.41. The highest BCUT2D eigenvalue weighted by atomic mass is 16.5. The fourth-order valence-corrected chi connectivity index (χ4v) is 5.52. The van der Waals surface area contributed by atoms with Gasteiger partial charge in [0.15, 0.2) is 0 Å². The lowest BCUT2D eigenvalue weighted by Gasteiger charge is -2.30. The van der Waals surface area contributed by atoms with Gasteiger partial charge in [-0.1, -0.05) is 78.6 Å². The summed E-state index contributed by atoms with van der Waals surface area (Å²) in [5.74, 6) is 2.73. The average Bonchev–Trinajstić information content (AvgIpc) is 2.85. The first kappa shape index (κ1) is 24.9. The Morgan fingerprint density at radius 1 is 0.750 bits per heavy atom. The van der Waals surface area contributed by atoms with Crippen LogP contribution < -0.4 is 4.74 Å². The summed E-state index contributed by atoms with van der Waals surface area (Å²) in [6.07, 6.45) is 11.1. The lowest BCUT2D eigenvalue weighted by molar-refractivity contribution is 0.127. The molecule has 1 heteroatoms. The summed E-state index contributed by atoms with van der Waals surface area (Å²) in [5, 5.41) is 0. The van der Waals surface area contributed by atoms with Crippen molar-refractivity contribution in [3.8, 4) is 16.9 Å². The molecule has 0 unspecified atom stereocenters. The van der Waals surface area contributed by atoms with Crippen molar-refractivity contribution in [2.45, 2.75) is 105 Å². The van der Waals surface area contributed by atoms with Crippen molar-refractivity contribution in [1.29, 1.82) is 0 Å². The molecule has 1 nitrogen and oxygen atoms in total. The van der Waals surface area contributed by atoms with E-state index in [-0.39, 0.29) is 0 Å². The lowest BCUT2D eigenvalue weighted by atomic mass is 9.77. The highest BCUT2D eigenvalue weighted by Crippen LogP contribution is 2.39. The van der Waals surface area contributed by atoms with Crippen molar-refractivity contribution < 1.29 is 4.74 Å². The Morgan fingerprint density at radius 3 is 1.88 bits per heavy atom. The van der Waals surface area contributed by atoms with Gasteiger partial charge in [-0.05, 0) is 96.7 Å². The molecular formula is C31H46O. The Balaban J connectivity index is 1.82. The quantitative estimate of drug-likeness (QED) is 0.362. The summed E-state index contributed by atoms with van der Waals surface area (Å²) in [7, 11) is 0. The summed E-state index contributed by atoms with van der Waals surface area (Å²) >= 11 is 0. The molecule has 1 aliphatic carbocycles. The second-order valence-electron chi connectivity index (χ2n) is 10.2. The first-order valence-electron chi connectivity index (χ1n) is 13.4. The van der Waals surface area contributed by atoms with Crippen molar-refractivity contribution in [3.05, 3.63) is 53.1 Å². The predicted molar refractivity (Wildman–Crippen MR) is 140 cm³/mol. The van der Waals surface area contributed by atoms with E-state index in [0.717, 1.165) is 37.0 Å². The van der Waals surface area contributed by atoms with Gasteiger partial charge in [0.1, 0.15) is 5.75 Å². The fourth-order valence-electron chi connectivity index (χ4n) is 5.52. The molecule has 0 aliphatic heterocycles. The maximum absolute atomic E-state index is 6.41. The van der Waals surface area contributed by atoms with Gasteiger partial charge in [-0.25, -0.2) is 0 Å². The molecular weight excluding hydrogens is 388 g/mol. The molecule has 32 heavy (non-hydrogen) atoms. The minimum absolute atomic E-state index is 0.298. The molecule has 0 aromatic heterocycles. The van der Waals surface area contributed by atoms with Crippen LogP contribution in [0.15, 0.2) is 36.4 Å². The van der Waals surface area contributed by atoms with E-state index < -0.39 is 0 Å². The molecule has 0 bridgehead atoms. The van der Waals surface area contributed by atoms with E-state index in [1.54, 1.807) is 11.1 Å². The molecule has 0 heterocycles. The second kappa shape index (κ2) is 11.4. The summed E-state index contributed by atoms with van der Waals surface area (Å²) in [6.45, 7) is 14.7. The maximum atomic E-state index is 6.41. The van der Waals surface area contributed by atoms with E-state index >= 15 is 0 Å². The highest BCUT2D eigenvalue weighted by Gasteiger charge is 2.25. The molecule has 0 amide bonds. The fraction of sp³-hybridized carbons (Fsp3) is 0.613. The Labute approximate surface area is 198 Å². The van der Waals surface area contributed by atoms with E-state index in [0.29, 0.717) is 5.41 Å². The van der Waals surface area contributed by atoms with Crippen molar-refractivity contribution in [1.82, 2.24) is 0 Å². The molecule has 2 aromatic carbocycles. The SMILES string of the molecule is CCc1cc(-c2ccc(C3CCC(C)CC3)c(CC)c2)ccc1OCC(CC)(CC)CC. The van der Waals surface area contributed by atoms with Crippen molar-refractivity contribution >= 4 is 0 Å². The third kappa shape index (κ3) is 5.59. The van der Waals surface area contributed by atoms with Gasteiger partial charge in [0.05, 0.1) is 6.61 Å². The average molecular weight is 435 g/mol. The van der Waals surface area contributed by atoms with Crippen LogP contribution in [-0.2, 0) is 12.8 Å². The van der Waals surface area contributed by atoms with Crippen LogP contribution in [0.3, 0.4) is 0 Å². The molecule has 3 rings (SSSR count). The molecule has 0 saturated heterocycles. The van der Waals surface area contributed by atoms with Crippen molar-refractivity contribution in [2.75, 3.05) is 6.61 Å². The monoisotopic (exact) mass is 434 g/mol. The highest BCUT2D eigenvalue weighted by molar-refractivity contribution is 5.67. The minimum atomic E-state index is 0.298. The smallest absolute Gasteiger partial charge is 0.122 e. The van der Waals surface area contributed by atoms with Gasteiger partial charge in [-0.3, -0.25) is 0 Å². The molecule has 0 spiro atoms. The third-order valence-electron chi connectivity index (χ3n) is 8.54. The van der Waals surface area contributed by atoms with E-state index in [1.807, 2.05) is 0 Å². The van der Waals surface area contributed by atoms with Crippen LogP contribution in [0.1, 0.15) is 109 Å². The van der Waals surface area contributed by atoms with Gasteiger partial charge in [0.25, 0.3) is 0 Å². The normalized spacial score (nSPS) is 19.2. The summed E-state index contributed by atoms with van der Waals surface area (Å²) in [4.78, 5) is 0. The maximum Gasteiger partial charge on any atom is 0.122 e. The molecule has 1 aliphatic rings. The largest absolute Gasteiger partial charge is 0.493 e. The van der Waals surface area contributed by atoms with Gasteiger partial charge in [0.2, 0.25) is 0 Å². The number of ether oxygens (including phenoxy) is 1. The van der Waals surface area contributed by atoms with Gasteiger partial charge >= 0.3 is 0 Å². The summed E-state index contributed by atoms with van der Waals surface area (Å²) in [6, 6.07) is 14.1. The molecule has 0 radical (unpaired) electrons. The van der Waals surface area contributed by atoms with E-state index in [9.17, 15) is 0 Å². The standard InChI is InChI=1S/C31H46O/c1-7-24-20-27(16-18-29(24)26-14-12-23(6)13-15-26)28-17-19-30(25(8-2)21-28)32-22-31(9-3,10-4)11-5/h16-21,23,26H,7-15,22H2,1-6H3. The van der Waals surface area contributed by atoms with Gasteiger partial charge in [-0.2, -0.15) is 0 Å². The Hall–Kier alpha value is -1.76. The Bertz CT molecular complexity index is 844. The van der Waals surface area contributed by atoms with E-state index in [2.05, 4.69) is 77.9 Å². The van der Waals surface area contributed by atoms with Crippen LogP contribution in [0.2, 0.25) is 0 Å². The number of hydrogen-bond acceptors (Lipinski definition) is 1. The zero-order chi connectivity index (χ0) is 23.1. The summed E-state index contributed by atoms with van der Waals surface area (Å²) in [5.41, 5.74) is 7.43. The van der Waals surface area contributed by atoms with Crippen LogP contribution in [0, 0.1) is 11.3 Å². The zero-order valence-corrected chi connectivity index (χ0v) is 21.6. The first-order valence-corrected chi connectivity index (χ1v) is 13.4. The van der Waals surface area contributed by atoms with Crippen molar-refractivity contribution in [3.63, 3.8) is 0 Å². The molecule has 1 saturated carbocycles. The molecule has 2 aromatic rings. The zero-order valence-electron chi connectivity index (χ0n) is 21.6. The van der Waals surface area contributed by atoms with Crippen LogP contribution in [0.5, 0.6) is 5.75 Å². The van der Waals surface area contributed by atoms with Crippen LogP contribution in [0.25, 0.3) is 11.1 Å². The minimum Gasteiger partial charge on any atom is -0.493 e. The Morgan fingerprint density at radius 2 is 1.31 bits per heavy atom. The number of benzene rings is 2. The van der Waals surface area contributed by atoms with Crippen LogP contribution >= 0.6 is 0 Å². The van der Waals surface area contributed by atoms with Crippen LogP contribution in [-0.4, -0.2) is 6.61 Å². The molecule has 0 N–H and O–H groups in total. The topological polar surface area (TPSA) is 9.23 Å². The molecule has 1 fully saturated rings. The Kier molecular flexibility index (Phi) is 8.86. The van der Waals surface area contributed by atoms with E-state index in [1.165, 1.54) is 61.6 Å². The molecule has 176 valence electrons. The van der Waals surface area contributed by atoms with Crippen LogP contribution in [0.4, 0.5) is 0 Å². The number of aryl methyl sites for hydroxylation is 2. The van der Waals surface area contributed by atoms with Crippen molar-refractivity contribution in [2.24, 2.45) is 11.3 Å².